The molecule has 2 rings (SSSR count). The van der Waals surface area contributed by atoms with E-state index in [2.05, 4.69) is 10.3 Å². The summed E-state index contributed by atoms with van der Waals surface area (Å²) >= 11 is 7.99. The third kappa shape index (κ3) is 4.11. The van der Waals surface area contributed by atoms with Crippen LogP contribution in [0.2, 0.25) is 5.15 Å². The molecule has 0 radical (unpaired) electrons. The van der Waals surface area contributed by atoms with Crippen LogP contribution in [-0.4, -0.2) is 39.1 Å². The standard InChI is InChI=1S/C13H18ClN3OS/c14-13-11(10-15-5-9-19-8-3-7-18)17-6-2-1-4-12(17)16-13/h1-2,4,6,15,18H,3,5,7-10H2. The van der Waals surface area contributed by atoms with E-state index in [1.165, 1.54) is 0 Å². The van der Waals surface area contributed by atoms with Crippen LogP contribution in [0.15, 0.2) is 24.4 Å². The minimum atomic E-state index is 0.276. The zero-order chi connectivity index (χ0) is 13.5. The summed E-state index contributed by atoms with van der Waals surface area (Å²) in [5.74, 6) is 2.04. The smallest absolute Gasteiger partial charge is 0.152 e. The van der Waals surface area contributed by atoms with Gasteiger partial charge in [-0.1, -0.05) is 17.7 Å². The Bertz CT molecular complexity index is 518. The summed E-state index contributed by atoms with van der Waals surface area (Å²) in [5, 5.41) is 12.6. The van der Waals surface area contributed by atoms with Gasteiger partial charge in [0.15, 0.2) is 5.15 Å². The second-order valence-corrected chi connectivity index (χ2v) is 5.73. The number of aromatic nitrogens is 2. The van der Waals surface area contributed by atoms with Crippen LogP contribution >= 0.6 is 23.4 Å². The molecule has 0 saturated carbocycles. The Morgan fingerprint density at radius 1 is 1.37 bits per heavy atom. The fraction of sp³-hybridized carbons (Fsp3) is 0.462. The van der Waals surface area contributed by atoms with Crippen LogP contribution in [-0.2, 0) is 6.54 Å². The SMILES string of the molecule is OCCCSCCNCc1c(Cl)nc2ccccn12. The van der Waals surface area contributed by atoms with Crippen molar-refractivity contribution in [2.24, 2.45) is 0 Å². The van der Waals surface area contributed by atoms with Crippen LogP contribution in [0, 0.1) is 0 Å². The number of thioether (sulfide) groups is 1. The largest absolute Gasteiger partial charge is 0.396 e. The van der Waals surface area contributed by atoms with E-state index in [-0.39, 0.29) is 6.61 Å². The Morgan fingerprint density at radius 3 is 3.11 bits per heavy atom. The van der Waals surface area contributed by atoms with Crippen molar-refractivity contribution in [2.45, 2.75) is 13.0 Å². The Labute approximate surface area is 122 Å². The number of hydrogen-bond donors (Lipinski definition) is 2. The van der Waals surface area contributed by atoms with Crippen LogP contribution in [0.1, 0.15) is 12.1 Å². The Morgan fingerprint density at radius 2 is 2.26 bits per heavy atom. The van der Waals surface area contributed by atoms with Gasteiger partial charge in [-0.3, -0.25) is 0 Å². The molecule has 0 unspecified atom stereocenters. The fourth-order valence-corrected chi connectivity index (χ4v) is 2.87. The van der Waals surface area contributed by atoms with E-state index in [4.69, 9.17) is 16.7 Å². The zero-order valence-corrected chi connectivity index (χ0v) is 12.3. The number of aliphatic hydroxyl groups is 1. The van der Waals surface area contributed by atoms with E-state index in [1.807, 2.05) is 40.6 Å². The predicted molar refractivity (Wildman–Crippen MR) is 80.9 cm³/mol. The van der Waals surface area contributed by atoms with Crippen LogP contribution < -0.4 is 5.32 Å². The molecule has 0 spiro atoms. The number of pyridine rings is 1. The predicted octanol–water partition coefficient (Wildman–Crippen LogP) is 2.19. The lowest BCUT2D eigenvalue weighted by atomic mass is 10.4. The van der Waals surface area contributed by atoms with E-state index in [0.29, 0.717) is 11.7 Å². The molecule has 0 saturated heterocycles. The molecule has 2 aromatic rings. The second-order valence-electron chi connectivity index (χ2n) is 4.14. The van der Waals surface area contributed by atoms with Crippen molar-refractivity contribution in [1.29, 1.82) is 0 Å². The van der Waals surface area contributed by atoms with E-state index in [1.54, 1.807) is 0 Å². The number of fused-ring (bicyclic) bond motifs is 1. The zero-order valence-electron chi connectivity index (χ0n) is 10.7. The molecular formula is C13H18ClN3OS. The van der Waals surface area contributed by atoms with Crippen molar-refractivity contribution >= 4 is 29.0 Å². The maximum absolute atomic E-state index is 8.67. The first-order valence-corrected chi connectivity index (χ1v) is 7.87. The molecule has 0 atom stereocenters. The third-order valence-electron chi connectivity index (χ3n) is 2.74. The number of hydrogen-bond acceptors (Lipinski definition) is 4. The first kappa shape index (κ1) is 14.7. The van der Waals surface area contributed by atoms with Crippen LogP contribution in [0.4, 0.5) is 0 Å². The molecule has 0 aliphatic heterocycles. The first-order chi connectivity index (χ1) is 9.33. The average molecular weight is 300 g/mol. The van der Waals surface area contributed by atoms with E-state index >= 15 is 0 Å². The highest BCUT2D eigenvalue weighted by molar-refractivity contribution is 7.99. The minimum Gasteiger partial charge on any atom is -0.396 e. The molecule has 4 nitrogen and oxygen atoms in total. The number of aliphatic hydroxyl groups excluding tert-OH is 1. The Hall–Kier alpha value is -0.750. The van der Waals surface area contributed by atoms with Gasteiger partial charge in [0, 0.05) is 31.6 Å². The lowest BCUT2D eigenvalue weighted by Crippen LogP contribution is -2.18. The van der Waals surface area contributed by atoms with Gasteiger partial charge in [-0.15, -0.1) is 0 Å². The molecule has 0 aliphatic carbocycles. The Balaban J connectivity index is 1.80. The summed E-state index contributed by atoms with van der Waals surface area (Å²) in [4.78, 5) is 4.31. The highest BCUT2D eigenvalue weighted by Crippen LogP contribution is 2.17. The van der Waals surface area contributed by atoms with Crippen molar-refractivity contribution in [3.8, 4) is 0 Å². The normalized spacial score (nSPS) is 11.3. The molecule has 0 bridgehead atoms. The van der Waals surface area contributed by atoms with E-state index in [0.717, 1.165) is 35.8 Å². The number of rotatable bonds is 8. The molecular weight excluding hydrogens is 282 g/mol. The molecule has 2 heterocycles. The molecule has 19 heavy (non-hydrogen) atoms. The monoisotopic (exact) mass is 299 g/mol. The van der Waals surface area contributed by atoms with Gasteiger partial charge in [0.1, 0.15) is 5.65 Å². The maximum atomic E-state index is 8.67. The van der Waals surface area contributed by atoms with Crippen LogP contribution in [0.3, 0.4) is 0 Å². The average Bonchev–Trinajstić information content (AvgIpc) is 2.74. The van der Waals surface area contributed by atoms with Gasteiger partial charge in [0.2, 0.25) is 0 Å². The van der Waals surface area contributed by atoms with Gasteiger partial charge in [-0.2, -0.15) is 11.8 Å². The lowest BCUT2D eigenvalue weighted by Gasteiger charge is -2.05. The van der Waals surface area contributed by atoms with E-state index < -0.39 is 0 Å². The summed E-state index contributed by atoms with van der Waals surface area (Å²) in [6.45, 7) is 1.91. The first-order valence-electron chi connectivity index (χ1n) is 6.33. The van der Waals surface area contributed by atoms with Gasteiger partial charge in [0.05, 0.1) is 5.69 Å². The molecule has 0 aromatic carbocycles. The Kier molecular flexibility index (Phi) is 5.97. The van der Waals surface area contributed by atoms with Crippen LogP contribution in [0.25, 0.3) is 5.65 Å². The highest BCUT2D eigenvalue weighted by atomic mass is 35.5. The minimum absolute atomic E-state index is 0.276. The van der Waals surface area contributed by atoms with Gasteiger partial charge >= 0.3 is 0 Å². The lowest BCUT2D eigenvalue weighted by molar-refractivity contribution is 0.296. The van der Waals surface area contributed by atoms with Gasteiger partial charge in [0.25, 0.3) is 0 Å². The van der Waals surface area contributed by atoms with Crippen LogP contribution in [0.5, 0.6) is 0 Å². The van der Waals surface area contributed by atoms with Crippen molar-refractivity contribution in [1.82, 2.24) is 14.7 Å². The highest BCUT2D eigenvalue weighted by Gasteiger charge is 2.08. The summed E-state index contributed by atoms with van der Waals surface area (Å²) < 4.78 is 2.01. The topological polar surface area (TPSA) is 49.6 Å². The summed E-state index contributed by atoms with van der Waals surface area (Å²) in [5.41, 5.74) is 1.87. The molecule has 0 fully saturated rings. The number of nitrogens with zero attached hydrogens (tertiary/aromatic N) is 2. The molecule has 0 amide bonds. The number of nitrogens with one attached hydrogen (secondary N) is 1. The van der Waals surface area contributed by atoms with Crippen molar-refractivity contribution in [2.75, 3.05) is 24.7 Å². The van der Waals surface area contributed by atoms with E-state index in [9.17, 15) is 0 Å². The quantitative estimate of drug-likeness (QED) is 0.734. The molecule has 2 N–H and O–H groups in total. The summed E-state index contributed by atoms with van der Waals surface area (Å²) in [6, 6.07) is 5.87. The second kappa shape index (κ2) is 7.75. The van der Waals surface area contributed by atoms with Gasteiger partial charge < -0.3 is 14.8 Å². The van der Waals surface area contributed by atoms with Gasteiger partial charge in [-0.25, -0.2) is 4.98 Å². The summed E-state index contributed by atoms with van der Waals surface area (Å²) in [7, 11) is 0. The van der Waals surface area contributed by atoms with Crippen molar-refractivity contribution < 1.29 is 5.11 Å². The molecule has 6 heteroatoms. The number of halogens is 1. The maximum Gasteiger partial charge on any atom is 0.152 e. The third-order valence-corrected chi connectivity index (χ3v) is 4.12. The molecule has 2 aromatic heterocycles. The number of imidazole rings is 1. The molecule has 0 aliphatic rings. The van der Waals surface area contributed by atoms with Crippen molar-refractivity contribution in [3.63, 3.8) is 0 Å². The van der Waals surface area contributed by atoms with Crippen molar-refractivity contribution in [3.05, 3.63) is 35.2 Å². The summed E-state index contributed by atoms with van der Waals surface area (Å²) in [6.07, 6.45) is 2.84. The molecule has 104 valence electrons. The fourth-order valence-electron chi connectivity index (χ4n) is 1.80. The van der Waals surface area contributed by atoms with Gasteiger partial charge in [-0.05, 0) is 24.3 Å².